The predicted molar refractivity (Wildman–Crippen MR) is 77.8 cm³/mol. The molecule has 2 aliphatic rings. The Morgan fingerprint density at radius 3 is 3.20 bits per heavy atom. The van der Waals surface area contributed by atoms with E-state index in [9.17, 15) is 4.79 Å². The highest BCUT2D eigenvalue weighted by Crippen LogP contribution is 2.33. The normalized spacial score (nSPS) is 26.7. The number of nitrogens with zero attached hydrogens (tertiary/aromatic N) is 3. The summed E-state index contributed by atoms with van der Waals surface area (Å²) in [6, 6.07) is 0.376. The summed E-state index contributed by atoms with van der Waals surface area (Å²) in [4.78, 5) is 19.4. The van der Waals surface area contributed by atoms with Gasteiger partial charge in [0.15, 0.2) is 17.1 Å². The summed E-state index contributed by atoms with van der Waals surface area (Å²) in [6.45, 7) is 1.55. The number of ether oxygens (including phenoxy) is 1. The maximum Gasteiger partial charge on any atom is 0.196 e. The van der Waals surface area contributed by atoms with E-state index in [-0.39, 0.29) is 0 Å². The molecule has 1 aliphatic carbocycles. The first kappa shape index (κ1) is 12.3. The van der Waals surface area contributed by atoms with Crippen molar-refractivity contribution in [1.29, 1.82) is 0 Å². The molecule has 2 fully saturated rings. The number of hydrogen-bond donors (Lipinski definition) is 0. The standard InChI is InChI=1S/C14H17N3O2S/c18-9-11-13(15-14-17(11)6-8-20-14)16-5-7-19-12-4-2-1-3-10(12)16/h6,8-10,12H,1-5,7H2. The molecule has 0 N–H and O–H groups in total. The molecule has 0 bridgehead atoms. The van der Waals surface area contributed by atoms with Gasteiger partial charge in [0.25, 0.3) is 0 Å². The van der Waals surface area contributed by atoms with Crippen LogP contribution < -0.4 is 4.90 Å². The molecule has 4 rings (SSSR count). The average Bonchev–Trinajstić information content (AvgIpc) is 3.06. The number of carbonyl (C=O) groups is 1. The van der Waals surface area contributed by atoms with E-state index in [4.69, 9.17) is 4.74 Å². The van der Waals surface area contributed by atoms with Crippen molar-refractivity contribution >= 4 is 28.4 Å². The number of imidazole rings is 1. The number of aldehydes is 1. The minimum Gasteiger partial charge on any atom is -0.374 e. The maximum absolute atomic E-state index is 11.5. The SMILES string of the molecule is O=Cc1c(N2CCOC3CCCCC32)nc2sccn12. The van der Waals surface area contributed by atoms with Gasteiger partial charge >= 0.3 is 0 Å². The van der Waals surface area contributed by atoms with Crippen molar-refractivity contribution in [3.8, 4) is 0 Å². The van der Waals surface area contributed by atoms with Gasteiger partial charge in [-0.15, -0.1) is 11.3 Å². The van der Waals surface area contributed by atoms with Crippen molar-refractivity contribution in [3.63, 3.8) is 0 Å². The van der Waals surface area contributed by atoms with E-state index in [0.29, 0.717) is 17.8 Å². The molecule has 0 aromatic carbocycles. The molecule has 6 heteroatoms. The van der Waals surface area contributed by atoms with Crippen molar-refractivity contribution in [3.05, 3.63) is 17.3 Å². The Kier molecular flexibility index (Phi) is 3.00. The van der Waals surface area contributed by atoms with E-state index in [2.05, 4.69) is 9.88 Å². The highest BCUT2D eigenvalue weighted by Gasteiger charge is 2.36. The third kappa shape index (κ3) is 1.78. The Labute approximate surface area is 121 Å². The lowest BCUT2D eigenvalue weighted by atomic mass is 9.90. The summed E-state index contributed by atoms with van der Waals surface area (Å²) in [6.07, 6.45) is 7.88. The van der Waals surface area contributed by atoms with E-state index in [0.717, 1.165) is 43.1 Å². The summed E-state index contributed by atoms with van der Waals surface area (Å²) in [5.41, 5.74) is 0.674. The highest BCUT2D eigenvalue weighted by atomic mass is 32.1. The average molecular weight is 291 g/mol. The molecule has 2 aromatic heterocycles. The fourth-order valence-corrected chi connectivity index (χ4v) is 4.19. The quantitative estimate of drug-likeness (QED) is 0.797. The monoisotopic (exact) mass is 291 g/mol. The number of carbonyl (C=O) groups excluding carboxylic acids is 1. The number of anilines is 1. The van der Waals surface area contributed by atoms with Crippen molar-refractivity contribution < 1.29 is 9.53 Å². The van der Waals surface area contributed by atoms with Gasteiger partial charge in [-0.1, -0.05) is 12.8 Å². The number of morpholine rings is 1. The number of fused-ring (bicyclic) bond motifs is 2. The summed E-state index contributed by atoms with van der Waals surface area (Å²) < 4.78 is 7.79. The lowest BCUT2D eigenvalue weighted by Crippen LogP contribution is -2.53. The molecule has 0 spiro atoms. The van der Waals surface area contributed by atoms with Crippen LogP contribution in [-0.2, 0) is 4.74 Å². The van der Waals surface area contributed by atoms with Gasteiger partial charge in [0.05, 0.1) is 18.8 Å². The fraction of sp³-hybridized carbons (Fsp3) is 0.571. The molecule has 0 amide bonds. The smallest absolute Gasteiger partial charge is 0.196 e. The molecular formula is C14H17N3O2S. The second-order valence-corrected chi connectivity index (χ2v) is 6.32. The van der Waals surface area contributed by atoms with Gasteiger partial charge in [-0.3, -0.25) is 9.20 Å². The van der Waals surface area contributed by atoms with E-state index in [1.807, 2.05) is 16.0 Å². The van der Waals surface area contributed by atoms with Gasteiger partial charge in [-0.25, -0.2) is 4.98 Å². The zero-order valence-corrected chi connectivity index (χ0v) is 12.0. The summed E-state index contributed by atoms with van der Waals surface area (Å²) in [5.74, 6) is 0.840. The van der Waals surface area contributed by atoms with Crippen LogP contribution in [0.1, 0.15) is 36.2 Å². The largest absolute Gasteiger partial charge is 0.374 e. The van der Waals surface area contributed by atoms with Gasteiger partial charge in [-0.2, -0.15) is 0 Å². The van der Waals surface area contributed by atoms with Crippen LogP contribution in [0.3, 0.4) is 0 Å². The van der Waals surface area contributed by atoms with Crippen LogP contribution in [0, 0.1) is 0 Å². The van der Waals surface area contributed by atoms with Crippen molar-refractivity contribution in [1.82, 2.24) is 9.38 Å². The van der Waals surface area contributed by atoms with Gasteiger partial charge in [0, 0.05) is 18.1 Å². The third-order valence-electron chi connectivity index (χ3n) is 4.40. The Bertz CT molecular complexity index is 633. The number of aromatic nitrogens is 2. The van der Waals surface area contributed by atoms with E-state index in [1.54, 1.807) is 11.3 Å². The molecule has 2 unspecified atom stereocenters. The predicted octanol–water partition coefficient (Wildman–Crippen LogP) is 2.36. The van der Waals surface area contributed by atoms with Crippen LogP contribution >= 0.6 is 11.3 Å². The minimum absolute atomic E-state index is 0.303. The van der Waals surface area contributed by atoms with Crippen molar-refractivity contribution in [2.75, 3.05) is 18.1 Å². The molecule has 1 saturated carbocycles. The molecule has 5 nitrogen and oxygen atoms in total. The molecule has 2 aromatic rings. The van der Waals surface area contributed by atoms with Gasteiger partial charge in [0.1, 0.15) is 5.69 Å². The Morgan fingerprint density at radius 2 is 2.30 bits per heavy atom. The summed E-state index contributed by atoms with van der Waals surface area (Å²) in [5, 5.41) is 1.96. The molecule has 106 valence electrons. The van der Waals surface area contributed by atoms with Crippen LogP contribution in [0.4, 0.5) is 5.82 Å². The molecule has 2 atom stereocenters. The molecule has 20 heavy (non-hydrogen) atoms. The topological polar surface area (TPSA) is 46.8 Å². The first-order valence-electron chi connectivity index (χ1n) is 7.17. The lowest BCUT2D eigenvalue weighted by Gasteiger charge is -2.44. The molecule has 3 heterocycles. The third-order valence-corrected chi connectivity index (χ3v) is 5.15. The molecular weight excluding hydrogens is 274 g/mol. The zero-order valence-electron chi connectivity index (χ0n) is 11.2. The highest BCUT2D eigenvalue weighted by molar-refractivity contribution is 7.15. The summed E-state index contributed by atoms with van der Waals surface area (Å²) >= 11 is 1.57. The number of thiazole rings is 1. The van der Waals surface area contributed by atoms with Crippen LogP contribution in [0.5, 0.6) is 0 Å². The lowest BCUT2D eigenvalue weighted by molar-refractivity contribution is -0.00899. The van der Waals surface area contributed by atoms with Crippen molar-refractivity contribution in [2.24, 2.45) is 0 Å². The van der Waals surface area contributed by atoms with Gasteiger partial charge < -0.3 is 9.64 Å². The first-order valence-corrected chi connectivity index (χ1v) is 8.05. The first-order chi connectivity index (χ1) is 9.88. The minimum atomic E-state index is 0.303. The van der Waals surface area contributed by atoms with E-state index in [1.165, 1.54) is 12.8 Å². The van der Waals surface area contributed by atoms with E-state index < -0.39 is 0 Å². The molecule has 1 aliphatic heterocycles. The fourth-order valence-electron chi connectivity index (χ4n) is 3.47. The summed E-state index contributed by atoms with van der Waals surface area (Å²) in [7, 11) is 0. The zero-order chi connectivity index (χ0) is 13.5. The van der Waals surface area contributed by atoms with Crippen LogP contribution in [0.15, 0.2) is 11.6 Å². The van der Waals surface area contributed by atoms with Crippen molar-refractivity contribution in [2.45, 2.75) is 37.8 Å². The number of hydrogen-bond acceptors (Lipinski definition) is 5. The van der Waals surface area contributed by atoms with Crippen LogP contribution in [0.25, 0.3) is 4.96 Å². The Hall–Kier alpha value is -1.40. The van der Waals surface area contributed by atoms with E-state index >= 15 is 0 Å². The Balaban J connectivity index is 1.76. The second-order valence-electron chi connectivity index (χ2n) is 5.45. The second kappa shape index (κ2) is 4.86. The van der Waals surface area contributed by atoms with Crippen LogP contribution in [0.2, 0.25) is 0 Å². The Morgan fingerprint density at radius 1 is 1.40 bits per heavy atom. The van der Waals surface area contributed by atoms with Crippen LogP contribution in [-0.4, -0.2) is 41.0 Å². The van der Waals surface area contributed by atoms with Gasteiger partial charge in [0.2, 0.25) is 0 Å². The molecule has 1 saturated heterocycles. The molecule has 0 radical (unpaired) electrons. The van der Waals surface area contributed by atoms with Gasteiger partial charge in [-0.05, 0) is 12.8 Å². The number of rotatable bonds is 2. The maximum atomic E-state index is 11.5.